The van der Waals surface area contributed by atoms with Crippen molar-refractivity contribution in [3.63, 3.8) is 0 Å². The zero-order valence-electron chi connectivity index (χ0n) is 19.7. The van der Waals surface area contributed by atoms with E-state index in [4.69, 9.17) is 9.47 Å². The molecule has 0 saturated heterocycles. The van der Waals surface area contributed by atoms with Crippen molar-refractivity contribution in [1.29, 1.82) is 0 Å². The van der Waals surface area contributed by atoms with Crippen LogP contribution in [0.2, 0.25) is 0 Å². The molecule has 1 amide bonds. The lowest BCUT2D eigenvalue weighted by Crippen LogP contribution is -2.16. The summed E-state index contributed by atoms with van der Waals surface area (Å²) in [7, 11) is 1.30. The number of esters is 1. The second-order valence-corrected chi connectivity index (χ2v) is 10.2. The summed E-state index contributed by atoms with van der Waals surface area (Å²) in [6.45, 7) is 11.0. The summed E-state index contributed by atoms with van der Waals surface area (Å²) in [6.07, 6.45) is 1.74. The van der Waals surface area contributed by atoms with Crippen LogP contribution in [0, 0.1) is 0 Å². The van der Waals surface area contributed by atoms with Gasteiger partial charge in [0.05, 0.1) is 18.4 Å². The van der Waals surface area contributed by atoms with Gasteiger partial charge in [0.2, 0.25) is 5.91 Å². The summed E-state index contributed by atoms with van der Waals surface area (Å²) >= 11 is 2.51. The molecule has 0 saturated carbocycles. The average Bonchev–Trinajstić information content (AvgIpc) is 3.42. The third-order valence-corrected chi connectivity index (χ3v) is 6.65. The predicted octanol–water partition coefficient (Wildman–Crippen LogP) is 4.92. The molecule has 0 radical (unpaired) electrons. The molecule has 2 heterocycles. The van der Waals surface area contributed by atoms with E-state index in [1.807, 2.05) is 16.7 Å². The number of anilines is 1. The van der Waals surface area contributed by atoms with Gasteiger partial charge >= 0.3 is 5.97 Å². The van der Waals surface area contributed by atoms with Gasteiger partial charge in [-0.15, -0.1) is 28.1 Å². The summed E-state index contributed by atoms with van der Waals surface area (Å²) in [5, 5.41) is 14.0. The number of allylic oxidation sites excluding steroid dienone is 1. The highest BCUT2D eigenvalue weighted by atomic mass is 32.2. The molecule has 3 aromatic rings. The molecule has 8 nitrogen and oxygen atoms in total. The van der Waals surface area contributed by atoms with Gasteiger partial charge in [0.25, 0.3) is 0 Å². The number of nitrogens with one attached hydrogen (secondary N) is 1. The van der Waals surface area contributed by atoms with Gasteiger partial charge in [-0.25, -0.2) is 4.79 Å². The van der Waals surface area contributed by atoms with Crippen molar-refractivity contribution in [2.24, 2.45) is 0 Å². The number of benzene rings is 1. The fourth-order valence-corrected chi connectivity index (χ4v) is 4.57. The second kappa shape index (κ2) is 11.3. The van der Waals surface area contributed by atoms with Crippen LogP contribution in [0.1, 0.15) is 42.5 Å². The number of hydrogen-bond donors (Lipinski definition) is 1. The van der Waals surface area contributed by atoms with E-state index >= 15 is 0 Å². The molecule has 10 heteroatoms. The Morgan fingerprint density at radius 1 is 1.21 bits per heavy atom. The molecular formula is C24H28N4O4S2. The first-order valence-electron chi connectivity index (χ1n) is 10.6. The lowest BCUT2D eigenvalue weighted by atomic mass is 9.87. The molecule has 2 aromatic heterocycles. The molecule has 0 atom stereocenters. The van der Waals surface area contributed by atoms with Crippen LogP contribution in [-0.4, -0.2) is 39.5 Å². The zero-order valence-corrected chi connectivity index (χ0v) is 21.3. The first-order chi connectivity index (χ1) is 16.2. The molecule has 3 rings (SSSR count). The fraction of sp³-hybridized carbons (Fsp3) is 0.333. The maximum atomic E-state index is 12.5. The maximum Gasteiger partial charge on any atom is 0.340 e. The minimum Gasteiger partial charge on any atom is -0.486 e. The highest BCUT2D eigenvalue weighted by molar-refractivity contribution is 7.99. The van der Waals surface area contributed by atoms with Crippen LogP contribution in [0.5, 0.6) is 5.75 Å². The minimum absolute atomic E-state index is 0.0749. The van der Waals surface area contributed by atoms with E-state index in [1.165, 1.54) is 35.8 Å². The van der Waals surface area contributed by atoms with E-state index in [0.29, 0.717) is 28.1 Å². The number of carbonyl (C=O) groups excluding carboxylic acids is 2. The van der Waals surface area contributed by atoms with Crippen molar-refractivity contribution in [2.45, 2.75) is 44.5 Å². The van der Waals surface area contributed by atoms with E-state index in [0.717, 1.165) is 5.75 Å². The molecule has 1 N–H and O–H groups in total. The van der Waals surface area contributed by atoms with Crippen LogP contribution < -0.4 is 10.1 Å². The number of aromatic nitrogens is 3. The highest BCUT2D eigenvalue weighted by Crippen LogP contribution is 2.26. The van der Waals surface area contributed by atoms with E-state index in [1.54, 1.807) is 17.5 Å². The summed E-state index contributed by atoms with van der Waals surface area (Å²) in [6, 6.07) is 9.62. The van der Waals surface area contributed by atoms with Gasteiger partial charge in [-0.1, -0.05) is 50.7 Å². The topological polar surface area (TPSA) is 95.3 Å². The lowest BCUT2D eigenvalue weighted by Gasteiger charge is -2.19. The average molecular weight is 501 g/mol. The van der Waals surface area contributed by atoms with Crippen LogP contribution in [0.25, 0.3) is 0 Å². The first kappa shape index (κ1) is 25.5. The number of nitrogens with zero attached hydrogens (tertiary/aromatic N) is 3. The third kappa shape index (κ3) is 6.48. The number of hydrogen-bond acceptors (Lipinski definition) is 8. The van der Waals surface area contributed by atoms with Crippen LogP contribution in [0.4, 0.5) is 5.00 Å². The van der Waals surface area contributed by atoms with Gasteiger partial charge in [0, 0.05) is 6.54 Å². The van der Waals surface area contributed by atoms with Crippen molar-refractivity contribution in [3.8, 4) is 5.75 Å². The summed E-state index contributed by atoms with van der Waals surface area (Å²) in [5.41, 5.74) is 1.63. The number of thioether (sulfide) groups is 1. The normalized spacial score (nSPS) is 11.2. The number of rotatable bonds is 10. The van der Waals surface area contributed by atoms with Crippen LogP contribution in [0.3, 0.4) is 0 Å². The first-order valence-corrected chi connectivity index (χ1v) is 12.4. The van der Waals surface area contributed by atoms with Gasteiger partial charge in [-0.3, -0.25) is 9.36 Å². The number of ether oxygens (including phenoxy) is 2. The van der Waals surface area contributed by atoms with Crippen molar-refractivity contribution in [1.82, 2.24) is 14.8 Å². The Bertz CT molecular complexity index is 1150. The molecule has 0 unspecified atom stereocenters. The Labute approximate surface area is 207 Å². The Balaban J connectivity index is 1.61. The number of amides is 1. The Hall–Kier alpha value is -3.11. The predicted molar refractivity (Wildman–Crippen MR) is 135 cm³/mol. The van der Waals surface area contributed by atoms with E-state index < -0.39 is 5.97 Å². The summed E-state index contributed by atoms with van der Waals surface area (Å²) in [5.74, 6) is 0.722. The summed E-state index contributed by atoms with van der Waals surface area (Å²) in [4.78, 5) is 24.2. The van der Waals surface area contributed by atoms with Gasteiger partial charge < -0.3 is 14.8 Å². The van der Waals surface area contributed by atoms with E-state index in [-0.39, 0.29) is 23.7 Å². The summed E-state index contributed by atoms with van der Waals surface area (Å²) < 4.78 is 12.5. The van der Waals surface area contributed by atoms with Crippen molar-refractivity contribution in [2.75, 3.05) is 18.2 Å². The lowest BCUT2D eigenvalue weighted by molar-refractivity contribution is -0.113. The molecule has 180 valence electrons. The van der Waals surface area contributed by atoms with Crippen molar-refractivity contribution in [3.05, 3.63) is 65.3 Å². The van der Waals surface area contributed by atoms with Gasteiger partial charge in [0.1, 0.15) is 17.4 Å². The van der Waals surface area contributed by atoms with E-state index in [2.05, 4.69) is 55.0 Å². The van der Waals surface area contributed by atoms with Crippen LogP contribution >= 0.6 is 23.1 Å². The Morgan fingerprint density at radius 3 is 2.59 bits per heavy atom. The second-order valence-electron chi connectivity index (χ2n) is 8.35. The number of thiophene rings is 1. The van der Waals surface area contributed by atoms with Crippen LogP contribution in [-0.2, 0) is 28.1 Å². The molecule has 0 aliphatic heterocycles. The fourth-order valence-electron chi connectivity index (χ4n) is 3.01. The third-order valence-electron chi connectivity index (χ3n) is 4.85. The molecule has 0 aliphatic rings. The van der Waals surface area contributed by atoms with Crippen molar-refractivity contribution < 1.29 is 19.1 Å². The Morgan fingerprint density at radius 2 is 1.94 bits per heavy atom. The van der Waals surface area contributed by atoms with Crippen molar-refractivity contribution >= 4 is 40.0 Å². The molecular weight excluding hydrogens is 472 g/mol. The molecule has 0 bridgehead atoms. The number of carbonyl (C=O) groups is 2. The van der Waals surface area contributed by atoms with Crippen LogP contribution in [0.15, 0.2) is 53.5 Å². The molecule has 1 aromatic carbocycles. The van der Waals surface area contributed by atoms with Gasteiger partial charge in [0.15, 0.2) is 11.0 Å². The maximum absolute atomic E-state index is 12.5. The SMILES string of the molecule is C=CCn1c(COc2ccc(C(C)(C)C)cc2)nnc1SCC(=O)Nc1sccc1C(=O)OC. The zero-order chi connectivity index (χ0) is 24.7. The molecule has 0 spiro atoms. The van der Waals surface area contributed by atoms with Gasteiger partial charge in [-0.2, -0.15) is 0 Å². The molecule has 34 heavy (non-hydrogen) atoms. The quantitative estimate of drug-likeness (QED) is 0.240. The smallest absolute Gasteiger partial charge is 0.340 e. The highest BCUT2D eigenvalue weighted by Gasteiger charge is 2.18. The molecule has 0 aliphatic carbocycles. The molecule has 0 fully saturated rings. The Kier molecular flexibility index (Phi) is 8.51. The minimum atomic E-state index is -0.493. The van der Waals surface area contributed by atoms with Gasteiger partial charge in [-0.05, 0) is 34.6 Å². The van der Waals surface area contributed by atoms with E-state index in [9.17, 15) is 9.59 Å². The monoisotopic (exact) mass is 500 g/mol. The largest absolute Gasteiger partial charge is 0.486 e. The standard InChI is InChI=1S/C24H28N4O4S2/c1-6-12-28-19(14-32-17-9-7-16(8-10-17)24(2,3)4)26-27-23(28)34-15-20(29)25-21-18(11-13-33-21)22(30)31-5/h6-11,13H,1,12,14-15H2,2-5H3,(H,25,29). The number of methoxy groups -OCH3 is 1.